The smallest absolute Gasteiger partial charge is 0.289 e. The highest BCUT2D eigenvalue weighted by atomic mass is 16.3. The van der Waals surface area contributed by atoms with Gasteiger partial charge in [0.1, 0.15) is 5.58 Å². The van der Waals surface area contributed by atoms with Crippen molar-refractivity contribution in [1.29, 1.82) is 0 Å². The van der Waals surface area contributed by atoms with Gasteiger partial charge in [-0.05, 0) is 31.7 Å². The normalized spacial score (nSPS) is 19.2. The van der Waals surface area contributed by atoms with Crippen LogP contribution in [0.25, 0.3) is 11.0 Å². The fourth-order valence-corrected chi connectivity index (χ4v) is 4.20. The van der Waals surface area contributed by atoms with Crippen molar-refractivity contribution in [2.24, 2.45) is 0 Å². The van der Waals surface area contributed by atoms with Crippen LogP contribution in [0.1, 0.15) is 48.7 Å². The molecule has 1 aromatic carbocycles. The molecule has 2 fully saturated rings. The third-order valence-electron chi connectivity index (χ3n) is 5.55. The Morgan fingerprint density at radius 1 is 1.20 bits per heavy atom. The van der Waals surface area contributed by atoms with Crippen LogP contribution in [0.5, 0.6) is 0 Å². The lowest BCUT2D eigenvalue weighted by atomic mass is 10.0. The third-order valence-corrected chi connectivity index (χ3v) is 5.55. The minimum Gasteiger partial charge on any atom is -0.451 e. The van der Waals surface area contributed by atoms with E-state index < -0.39 is 0 Å². The number of piperidine rings is 1. The fraction of sp³-hybridized carbons (Fsp3) is 0.500. The molecule has 0 radical (unpaired) electrons. The molecule has 4 rings (SSSR count). The molecule has 0 N–H and O–H groups in total. The third kappa shape index (κ3) is 2.81. The summed E-state index contributed by atoms with van der Waals surface area (Å²) in [5.41, 5.74) is 1.78. The van der Waals surface area contributed by atoms with Crippen molar-refractivity contribution in [3.63, 3.8) is 0 Å². The minimum absolute atomic E-state index is 0.0146. The van der Waals surface area contributed by atoms with Crippen LogP contribution in [0.15, 0.2) is 28.7 Å². The number of benzene rings is 1. The highest BCUT2D eigenvalue weighted by molar-refractivity contribution is 5.99. The first kappa shape index (κ1) is 16.2. The lowest BCUT2D eigenvalue weighted by Crippen LogP contribution is -2.47. The highest BCUT2D eigenvalue weighted by Gasteiger charge is 2.33. The van der Waals surface area contributed by atoms with E-state index in [-0.39, 0.29) is 11.8 Å². The van der Waals surface area contributed by atoms with Crippen LogP contribution in [0.2, 0.25) is 0 Å². The van der Waals surface area contributed by atoms with E-state index in [0.29, 0.717) is 31.3 Å². The molecule has 2 aromatic rings. The number of carbonyl (C=O) groups is 2. The number of hydrogen-bond donors (Lipinski definition) is 0. The Hall–Kier alpha value is -2.30. The first-order valence-electron chi connectivity index (χ1n) is 9.28. The Labute approximate surface area is 147 Å². The summed E-state index contributed by atoms with van der Waals surface area (Å²) in [6.07, 6.45) is 4.14. The lowest BCUT2D eigenvalue weighted by Gasteiger charge is -2.36. The number of fused-ring (bicyclic) bond motifs is 1. The Bertz CT molecular complexity index is 802. The molecule has 0 atom stereocenters. The minimum atomic E-state index is -0.0146. The molecule has 5 nitrogen and oxygen atoms in total. The molecule has 25 heavy (non-hydrogen) atoms. The number of furan rings is 1. The van der Waals surface area contributed by atoms with Crippen LogP contribution in [-0.2, 0) is 11.2 Å². The molecule has 2 saturated heterocycles. The molecule has 0 saturated carbocycles. The number of para-hydroxylation sites is 1. The van der Waals surface area contributed by atoms with Gasteiger partial charge >= 0.3 is 0 Å². The van der Waals surface area contributed by atoms with Crippen LogP contribution in [0.4, 0.5) is 0 Å². The van der Waals surface area contributed by atoms with Crippen molar-refractivity contribution in [3.8, 4) is 0 Å². The van der Waals surface area contributed by atoms with Crippen molar-refractivity contribution >= 4 is 22.8 Å². The van der Waals surface area contributed by atoms with Crippen LogP contribution >= 0.6 is 0 Å². The number of rotatable bonds is 3. The zero-order chi connectivity index (χ0) is 17.4. The Morgan fingerprint density at radius 2 is 1.96 bits per heavy atom. The number of hydrogen-bond acceptors (Lipinski definition) is 3. The van der Waals surface area contributed by atoms with Gasteiger partial charge in [-0.1, -0.05) is 25.1 Å². The molecular formula is C20H24N2O3. The number of carbonyl (C=O) groups excluding carboxylic acids is 2. The maximum absolute atomic E-state index is 13.0. The molecule has 2 amide bonds. The van der Waals surface area contributed by atoms with E-state index in [1.54, 1.807) is 0 Å². The van der Waals surface area contributed by atoms with Gasteiger partial charge in [-0.25, -0.2) is 0 Å². The summed E-state index contributed by atoms with van der Waals surface area (Å²) in [5.74, 6) is 0.744. The second-order valence-corrected chi connectivity index (χ2v) is 6.97. The van der Waals surface area contributed by atoms with E-state index >= 15 is 0 Å². The molecule has 0 unspecified atom stereocenters. The second-order valence-electron chi connectivity index (χ2n) is 6.97. The standard InChI is InChI=1S/C20H24N2O3/c1-2-15-16-6-3-4-7-17(16)25-19(15)20(24)21-12-9-14(10-13-21)22-11-5-8-18(22)23/h3-4,6-7,14H,2,5,8-13H2,1H3. The van der Waals surface area contributed by atoms with Crippen molar-refractivity contribution < 1.29 is 14.0 Å². The maximum atomic E-state index is 13.0. The monoisotopic (exact) mass is 340 g/mol. The maximum Gasteiger partial charge on any atom is 0.289 e. The van der Waals surface area contributed by atoms with Gasteiger partial charge in [-0.15, -0.1) is 0 Å². The molecule has 0 aliphatic carbocycles. The SMILES string of the molecule is CCc1c(C(=O)N2CCC(N3CCCC3=O)CC2)oc2ccccc12. The first-order valence-corrected chi connectivity index (χ1v) is 9.28. The number of likely N-dealkylation sites (tertiary alicyclic amines) is 2. The average molecular weight is 340 g/mol. The molecule has 2 aliphatic heterocycles. The van der Waals surface area contributed by atoms with Crippen LogP contribution in [-0.4, -0.2) is 47.3 Å². The van der Waals surface area contributed by atoms with Gasteiger partial charge in [0, 0.05) is 43.0 Å². The molecular weight excluding hydrogens is 316 g/mol. The zero-order valence-electron chi connectivity index (χ0n) is 14.7. The summed E-state index contributed by atoms with van der Waals surface area (Å²) >= 11 is 0. The van der Waals surface area contributed by atoms with E-state index in [0.717, 1.165) is 48.8 Å². The number of nitrogens with zero attached hydrogens (tertiary/aromatic N) is 2. The topological polar surface area (TPSA) is 53.8 Å². The largest absolute Gasteiger partial charge is 0.451 e. The van der Waals surface area contributed by atoms with Gasteiger partial charge in [0.25, 0.3) is 5.91 Å². The van der Waals surface area contributed by atoms with Crippen molar-refractivity contribution in [1.82, 2.24) is 9.80 Å². The predicted octanol–water partition coefficient (Wildman–Crippen LogP) is 3.22. The van der Waals surface area contributed by atoms with Gasteiger partial charge in [-0.2, -0.15) is 0 Å². The van der Waals surface area contributed by atoms with Gasteiger partial charge in [0.15, 0.2) is 5.76 Å². The van der Waals surface area contributed by atoms with Crippen LogP contribution in [0, 0.1) is 0 Å². The molecule has 0 bridgehead atoms. The van der Waals surface area contributed by atoms with Gasteiger partial charge in [0.05, 0.1) is 0 Å². The molecule has 3 heterocycles. The van der Waals surface area contributed by atoms with Gasteiger partial charge < -0.3 is 14.2 Å². The van der Waals surface area contributed by atoms with E-state index in [2.05, 4.69) is 6.92 Å². The number of amides is 2. The number of aryl methyl sites for hydroxylation is 1. The second kappa shape index (κ2) is 6.54. The summed E-state index contributed by atoms with van der Waals surface area (Å²) in [7, 11) is 0. The first-order chi connectivity index (χ1) is 12.2. The summed E-state index contributed by atoms with van der Waals surface area (Å²) in [5, 5.41) is 1.03. The highest BCUT2D eigenvalue weighted by Crippen LogP contribution is 2.29. The van der Waals surface area contributed by atoms with Gasteiger partial charge in [-0.3, -0.25) is 9.59 Å². The fourth-order valence-electron chi connectivity index (χ4n) is 4.20. The lowest BCUT2D eigenvalue weighted by molar-refractivity contribution is -0.130. The Kier molecular flexibility index (Phi) is 4.24. The quantitative estimate of drug-likeness (QED) is 0.862. The molecule has 132 valence electrons. The van der Waals surface area contributed by atoms with E-state index in [1.807, 2.05) is 34.1 Å². The predicted molar refractivity (Wildman–Crippen MR) is 95.5 cm³/mol. The Morgan fingerprint density at radius 3 is 2.64 bits per heavy atom. The molecule has 5 heteroatoms. The van der Waals surface area contributed by atoms with E-state index in [9.17, 15) is 9.59 Å². The van der Waals surface area contributed by atoms with Gasteiger partial charge in [0.2, 0.25) is 5.91 Å². The summed E-state index contributed by atoms with van der Waals surface area (Å²) in [6.45, 7) is 4.31. The summed E-state index contributed by atoms with van der Waals surface area (Å²) in [4.78, 5) is 28.8. The van der Waals surface area contributed by atoms with Crippen LogP contribution in [0.3, 0.4) is 0 Å². The van der Waals surface area contributed by atoms with Crippen molar-refractivity contribution in [2.75, 3.05) is 19.6 Å². The Balaban J connectivity index is 1.50. The van der Waals surface area contributed by atoms with E-state index in [4.69, 9.17) is 4.42 Å². The van der Waals surface area contributed by atoms with E-state index in [1.165, 1.54) is 0 Å². The van der Waals surface area contributed by atoms with Crippen molar-refractivity contribution in [2.45, 2.75) is 45.1 Å². The van der Waals surface area contributed by atoms with Crippen molar-refractivity contribution in [3.05, 3.63) is 35.6 Å². The summed E-state index contributed by atoms with van der Waals surface area (Å²) in [6, 6.07) is 8.12. The zero-order valence-corrected chi connectivity index (χ0v) is 14.7. The molecule has 1 aromatic heterocycles. The molecule has 2 aliphatic rings. The summed E-state index contributed by atoms with van der Waals surface area (Å²) < 4.78 is 5.89. The van der Waals surface area contributed by atoms with Crippen LogP contribution < -0.4 is 0 Å². The molecule has 0 spiro atoms. The average Bonchev–Trinajstić information content (AvgIpc) is 3.24.